The molecule has 4 aliphatic rings. The van der Waals surface area contributed by atoms with Crippen molar-refractivity contribution in [3.63, 3.8) is 0 Å². The summed E-state index contributed by atoms with van der Waals surface area (Å²) in [5.41, 5.74) is 4.15. The first-order chi connectivity index (χ1) is 29.6. The Morgan fingerprint density at radius 3 is 2.41 bits per heavy atom. The van der Waals surface area contributed by atoms with Crippen LogP contribution in [0.25, 0.3) is 28.0 Å². The second-order valence-corrected chi connectivity index (χ2v) is 17.3. The van der Waals surface area contributed by atoms with Crippen LogP contribution in [0.1, 0.15) is 68.9 Å². The van der Waals surface area contributed by atoms with Gasteiger partial charge in [0.1, 0.15) is 6.04 Å². The third-order valence-corrected chi connectivity index (χ3v) is 13.2. The minimum absolute atomic E-state index is 0.123. The highest BCUT2D eigenvalue weighted by molar-refractivity contribution is 6.32. The van der Waals surface area contributed by atoms with E-state index in [2.05, 4.69) is 25.4 Å². The van der Waals surface area contributed by atoms with E-state index >= 15 is 0 Å². The maximum absolute atomic E-state index is 13.4. The Kier molecular flexibility index (Phi) is 11.9. The predicted octanol–water partition coefficient (Wildman–Crippen LogP) is 4.83. The molecule has 4 saturated heterocycles. The number of halogens is 1. The van der Waals surface area contributed by atoms with Crippen LogP contribution < -0.4 is 21.9 Å². The van der Waals surface area contributed by atoms with Crippen LogP contribution in [-0.4, -0.2) is 110 Å². The van der Waals surface area contributed by atoms with Gasteiger partial charge in [-0.2, -0.15) is 0 Å². The minimum Gasteiger partial charge on any atom is -0.408 e. The van der Waals surface area contributed by atoms with Gasteiger partial charge in [-0.1, -0.05) is 35.9 Å². The number of hydrogen-bond acceptors (Lipinski definition) is 11. The number of amides is 3. The van der Waals surface area contributed by atoms with E-state index in [4.69, 9.17) is 21.0 Å². The van der Waals surface area contributed by atoms with Crippen LogP contribution in [0.5, 0.6) is 0 Å². The summed E-state index contributed by atoms with van der Waals surface area (Å²) in [7, 11) is 0. The van der Waals surface area contributed by atoms with Gasteiger partial charge >= 0.3 is 5.76 Å². The third kappa shape index (κ3) is 9.05. The maximum Gasteiger partial charge on any atom is 0.420 e. The number of nitrogens with zero attached hydrogens (tertiary/aromatic N) is 7. The first-order valence-corrected chi connectivity index (χ1v) is 21.8. The van der Waals surface area contributed by atoms with E-state index in [0.29, 0.717) is 59.2 Å². The molecule has 0 aliphatic carbocycles. The van der Waals surface area contributed by atoms with Gasteiger partial charge in [-0.15, -0.1) is 0 Å². The summed E-state index contributed by atoms with van der Waals surface area (Å²) in [4.78, 5) is 78.7. The van der Waals surface area contributed by atoms with Crippen molar-refractivity contribution >= 4 is 46.4 Å². The molecule has 3 aromatic heterocycles. The van der Waals surface area contributed by atoms with E-state index in [1.54, 1.807) is 23.0 Å². The van der Waals surface area contributed by atoms with Gasteiger partial charge in [0.05, 0.1) is 29.0 Å². The average Bonchev–Trinajstić information content (AvgIpc) is 3.60. The zero-order chi connectivity index (χ0) is 42.0. The van der Waals surface area contributed by atoms with Crippen LogP contribution in [0.2, 0.25) is 5.02 Å². The van der Waals surface area contributed by atoms with Gasteiger partial charge in [0.15, 0.2) is 5.58 Å². The van der Waals surface area contributed by atoms with E-state index in [1.165, 1.54) is 10.6 Å². The zero-order valence-corrected chi connectivity index (χ0v) is 34.8. The number of benzene rings is 2. The van der Waals surface area contributed by atoms with Crippen molar-refractivity contribution in [3.8, 4) is 16.9 Å². The molecule has 1 unspecified atom stereocenters. The summed E-state index contributed by atoms with van der Waals surface area (Å²) in [5, 5.41) is 6.21. The Labute approximate surface area is 357 Å². The number of oxazole rings is 1. The molecule has 4 fully saturated rings. The normalized spacial score (nSPS) is 20.3. The molecule has 0 saturated carbocycles. The summed E-state index contributed by atoms with van der Waals surface area (Å²) in [6.45, 7) is 6.73. The molecule has 15 nitrogen and oxygen atoms in total. The van der Waals surface area contributed by atoms with Crippen molar-refractivity contribution < 1.29 is 18.8 Å². The molecular weight excluding hydrogens is 798 g/mol. The summed E-state index contributed by atoms with van der Waals surface area (Å²) in [5.74, 6) is 0.270. The molecule has 9 rings (SSSR count). The van der Waals surface area contributed by atoms with Gasteiger partial charge in [-0.25, -0.2) is 14.8 Å². The third-order valence-electron chi connectivity index (χ3n) is 12.9. The van der Waals surface area contributed by atoms with Crippen LogP contribution in [-0.2, 0) is 14.4 Å². The first kappa shape index (κ1) is 40.7. The zero-order valence-electron chi connectivity index (χ0n) is 34.0. The van der Waals surface area contributed by atoms with E-state index in [1.807, 2.05) is 53.4 Å². The maximum atomic E-state index is 13.4. The number of rotatable bonds is 10. The molecule has 1 atom stereocenters. The van der Waals surface area contributed by atoms with E-state index < -0.39 is 17.7 Å². The van der Waals surface area contributed by atoms with Crippen LogP contribution in [0, 0.1) is 5.92 Å². The lowest BCUT2D eigenvalue weighted by Crippen LogP contribution is -2.48. The second-order valence-electron chi connectivity index (χ2n) is 16.9. The van der Waals surface area contributed by atoms with Gasteiger partial charge < -0.3 is 19.5 Å². The highest BCUT2D eigenvalue weighted by atomic mass is 35.5. The lowest BCUT2D eigenvalue weighted by molar-refractivity contribution is -0.136. The Hall–Kier alpha value is -5.64. The number of fused-ring (bicyclic) bond motifs is 1. The summed E-state index contributed by atoms with van der Waals surface area (Å²) < 4.78 is 8.54. The van der Waals surface area contributed by atoms with Crippen molar-refractivity contribution in [3.05, 3.63) is 105 Å². The van der Waals surface area contributed by atoms with E-state index in [-0.39, 0.29) is 36.3 Å². The first-order valence-electron chi connectivity index (χ1n) is 21.4. The predicted molar refractivity (Wildman–Crippen MR) is 231 cm³/mol. The topological polar surface area (TPSA) is 168 Å². The van der Waals surface area contributed by atoms with E-state index in [9.17, 15) is 24.0 Å². The molecular formula is C45H50ClN9O6. The van der Waals surface area contributed by atoms with Crippen molar-refractivity contribution in [1.29, 1.82) is 0 Å². The number of piperidine rings is 4. The lowest BCUT2D eigenvalue weighted by atomic mass is 9.88. The Morgan fingerprint density at radius 2 is 1.64 bits per heavy atom. The second kappa shape index (κ2) is 17.8. The molecule has 3 amide bonds. The molecule has 4 aliphatic heterocycles. The molecule has 0 spiro atoms. The molecule has 61 heavy (non-hydrogen) atoms. The van der Waals surface area contributed by atoms with Crippen molar-refractivity contribution in [2.75, 3.05) is 57.7 Å². The van der Waals surface area contributed by atoms with Crippen LogP contribution >= 0.6 is 11.6 Å². The van der Waals surface area contributed by atoms with Crippen molar-refractivity contribution in [1.82, 2.24) is 39.1 Å². The molecule has 318 valence electrons. The van der Waals surface area contributed by atoms with Crippen molar-refractivity contribution in [2.45, 2.75) is 69.4 Å². The molecule has 0 bridgehead atoms. The summed E-state index contributed by atoms with van der Waals surface area (Å²) in [6, 6.07) is 17.8. The van der Waals surface area contributed by atoms with Gasteiger partial charge in [0.2, 0.25) is 23.7 Å². The van der Waals surface area contributed by atoms with Crippen LogP contribution in [0.15, 0.2) is 87.1 Å². The van der Waals surface area contributed by atoms with Crippen LogP contribution in [0.3, 0.4) is 0 Å². The Bertz CT molecular complexity index is 2550. The Morgan fingerprint density at radius 1 is 0.852 bits per heavy atom. The van der Waals surface area contributed by atoms with Gasteiger partial charge in [-0.3, -0.25) is 38.5 Å². The quantitative estimate of drug-likeness (QED) is 0.185. The molecule has 16 heteroatoms. The smallest absolute Gasteiger partial charge is 0.408 e. The molecule has 2 aromatic carbocycles. The van der Waals surface area contributed by atoms with Crippen molar-refractivity contribution in [2.24, 2.45) is 5.92 Å². The largest absolute Gasteiger partial charge is 0.420 e. The fourth-order valence-corrected chi connectivity index (χ4v) is 9.70. The highest BCUT2D eigenvalue weighted by Gasteiger charge is 2.33. The molecule has 0 radical (unpaired) electrons. The number of pyridine rings is 1. The molecule has 7 heterocycles. The summed E-state index contributed by atoms with van der Waals surface area (Å²) in [6.07, 6.45) is 9.58. The van der Waals surface area contributed by atoms with Gasteiger partial charge in [0, 0.05) is 55.6 Å². The number of carbonyl (C=O) groups is 3. The fraction of sp³-hybridized carbons (Fsp3) is 0.444. The standard InChI is InChI=1S/C45H50ClN9O6/c46-35-26-47-44(50-42(35)32-4-3-5-34(24-32)54-17-2-1-6-40(54)57)48-33-15-22-53(23-16-33)41(58)28-52-18-11-29(12-19-52)27-51-20-13-30(14-21-51)31-7-8-36-38(25-31)61-45(60)55(36)37-9-10-39(56)49-43(37)59/h1-8,17,24-26,29-30,33,37H,9-16,18-23,27-28H2,(H,47,48,50)(H,49,56,59). The van der Waals surface area contributed by atoms with Gasteiger partial charge in [-0.05, 0) is 119 Å². The number of nitrogens with one attached hydrogen (secondary N) is 2. The number of likely N-dealkylation sites (tertiary alicyclic amines) is 3. The number of hydrogen-bond donors (Lipinski definition) is 2. The highest BCUT2D eigenvalue weighted by Crippen LogP contribution is 2.33. The fourth-order valence-electron chi connectivity index (χ4n) is 9.50. The average molecular weight is 848 g/mol. The monoisotopic (exact) mass is 847 g/mol. The van der Waals surface area contributed by atoms with Crippen LogP contribution in [0.4, 0.5) is 5.95 Å². The number of imide groups is 1. The SMILES string of the molecule is O=C1CCC(n2c(=O)oc3cc(C4CCN(CC5CCN(CC(=O)N6CCC(Nc7ncc(Cl)c(-c8cccc(-n9ccccc9=O)c8)n7)CC6)CC5)CC4)ccc32)C(=O)N1. The van der Waals surface area contributed by atoms with Gasteiger partial charge in [0.25, 0.3) is 5.56 Å². The number of carbonyl (C=O) groups excluding carboxylic acids is 3. The lowest BCUT2D eigenvalue weighted by Gasteiger charge is -2.38. The number of anilines is 1. The minimum atomic E-state index is -0.748. The number of aromatic nitrogens is 4. The molecule has 2 N–H and O–H groups in total. The molecule has 5 aromatic rings. The Balaban J connectivity index is 0.702. The summed E-state index contributed by atoms with van der Waals surface area (Å²) >= 11 is 6.56. The van der Waals surface area contributed by atoms with E-state index in [0.717, 1.165) is 88.1 Å².